The van der Waals surface area contributed by atoms with Crippen LogP contribution in [0, 0.1) is 5.92 Å². The zero-order chi connectivity index (χ0) is 8.39. The Morgan fingerprint density at radius 3 is 2.58 bits per heavy atom. The van der Waals surface area contributed by atoms with Crippen LogP contribution >= 0.6 is 0 Å². The molecule has 1 heteroatoms. The molecule has 12 heavy (non-hydrogen) atoms. The first-order valence-electron chi connectivity index (χ1n) is 5.30. The molecule has 2 aliphatic rings. The normalized spacial score (nSPS) is 35.1. The smallest absolute Gasteiger partial charge is 0.00761 e. The minimum absolute atomic E-state index is 0.463. The quantitative estimate of drug-likeness (QED) is 0.594. The van der Waals surface area contributed by atoms with Crippen LogP contribution in [-0.2, 0) is 0 Å². The molecule has 0 aromatic rings. The molecule has 1 unspecified atom stereocenters. The first kappa shape index (κ1) is 8.31. The average Bonchev–Trinajstić information content (AvgIpc) is 1.97. The third-order valence-corrected chi connectivity index (χ3v) is 3.22. The van der Waals surface area contributed by atoms with Crippen LogP contribution in [0.3, 0.4) is 0 Å². The summed E-state index contributed by atoms with van der Waals surface area (Å²) >= 11 is 0. The molecular formula is C11H19N. The Bertz CT molecular complexity index is 179. The van der Waals surface area contributed by atoms with E-state index in [0.717, 1.165) is 5.92 Å². The Morgan fingerprint density at radius 2 is 2.00 bits per heavy atom. The van der Waals surface area contributed by atoms with Gasteiger partial charge in [-0.3, -0.25) is 0 Å². The van der Waals surface area contributed by atoms with Gasteiger partial charge < -0.3 is 5.73 Å². The van der Waals surface area contributed by atoms with E-state index in [0.29, 0.717) is 6.04 Å². The SMILES string of the molecule is NC1CCCC(=CC2CCC2)C1. The maximum Gasteiger partial charge on any atom is 0.00761 e. The lowest BCUT2D eigenvalue weighted by atomic mass is 9.81. The van der Waals surface area contributed by atoms with Gasteiger partial charge in [-0.2, -0.15) is 0 Å². The highest BCUT2D eigenvalue weighted by Crippen LogP contribution is 2.32. The highest BCUT2D eigenvalue weighted by atomic mass is 14.6. The Balaban J connectivity index is 1.88. The summed E-state index contributed by atoms with van der Waals surface area (Å²) < 4.78 is 0. The molecule has 1 atom stereocenters. The van der Waals surface area contributed by atoms with Crippen LogP contribution in [0.15, 0.2) is 11.6 Å². The van der Waals surface area contributed by atoms with E-state index in [-0.39, 0.29) is 0 Å². The second kappa shape index (κ2) is 3.61. The summed E-state index contributed by atoms with van der Waals surface area (Å²) in [7, 11) is 0. The van der Waals surface area contributed by atoms with E-state index < -0.39 is 0 Å². The van der Waals surface area contributed by atoms with Gasteiger partial charge in [-0.05, 0) is 44.4 Å². The van der Waals surface area contributed by atoms with Crippen molar-refractivity contribution < 1.29 is 0 Å². The molecule has 2 N–H and O–H groups in total. The van der Waals surface area contributed by atoms with Gasteiger partial charge in [0.05, 0.1) is 0 Å². The largest absolute Gasteiger partial charge is 0.327 e. The van der Waals surface area contributed by atoms with E-state index in [4.69, 9.17) is 5.73 Å². The molecule has 2 fully saturated rings. The maximum atomic E-state index is 5.92. The molecule has 0 aliphatic heterocycles. The molecular weight excluding hydrogens is 146 g/mol. The Morgan fingerprint density at radius 1 is 1.17 bits per heavy atom. The molecule has 0 aromatic heterocycles. The summed E-state index contributed by atoms with van der Waals surface area (Å²) in [6, 6.07) is 0.463. The van der Waals surface area contributed by atoms with Crippen molar-refractivity contribution in [3.63, 3.8) is 0 Å². The lowest BCUT2D eigenvalue weighted by molar-refractivity contribution is 0.381. The number of rotatable bonds is 1. The molecule has 0 saturated heterocycles. The van der Waals surface area contributed by atoms with Gasteiger partial charge in [0, 0.05) is 6.04 Å². The minimum atomic E-state index is 0.463. The van der Waals surface area contributed by atoms with Crippen molar-refractivity contribution in [2.75, 3.05) is 0 Å². The Labute approximate surface area is 75.0 Å². The van der Waals surface area contributed by atoms with Gasteiger partial charge in [-0.1, -0.05) is 18.1 Å². The van der Waals surface area contributed by atoms with Gasteiger partial charge in [0.25, 0.3) is 0 Å². The van der Waals surface area contributed by atoms with Gasteiger partial charge >= 0.3 is 0 Å². The Hall–Kier alpha value is -0.300. The standard InChI is InChI=1S/C11H19N/c12-11-6-2-5-10(8-11)7-9-3-1-4-9/h7,9,11H,1-6,8,12H2. The Kier molecular flexibility index (Phi) is 2.50. The zero-order valence-corrected chi connectivity index (χ0v) is 7.76. The summed E-state index contributed by atoms with van der Waals surface area (Å²) in [5.41, 5.74) is 7.57. The van der Waals surface area contributed by atoms with Crippen molar-refractivity contribution in [1.82, 2.24) is 0 Å². The fourth-order valence-corrected chi connectivity index (χ4v) is 2.22. The topological polar surface area (TPSA) is 26.0 Å². The minimum Gasteiger partial charge on any atom is -0.327 e. The number of nitrogens with two attached hydrogens (primary N) is 1. The van der Waals surface area contributed by atoms with Gasteiger partial charge in [0.15, 0.2) is 0 Å². The third kappa shape index (κ3) is 1.89. The summed E-state index contributed by atoms with van der Waals surface area (Å²) in [6.07, 6.45) is 11.9. The molecule has 0 amide bonds. The molecule has 68 valence electrons. The van der Waals surface area contributed by atoms with Crippen LogP contribution in [0.2, 0.25) is 0 Å². The summed E-state index contributed by atoms with van der Waals surface area (Å²) in [6.45, 7) is 0. The van der Waals surface area contributed by atoms with Gasteiger partial charge in [-0.15, -0.1) is 0 Å². The second-order valence-electron chi connectivity index (χ2n) is 4.37. The van der Waals surface area contributed by atoms with Crippen molar-refractivity contribution >= 4 is 0 Å². The first-order chi connectivity index (χ1) is 5.84. The molecule has 1 nitrogen and oxygen atoms in total. The molecule has 0 spiro atoms. The molecule has 2 aliphatic carbocycles. The molecule has 0 radical (unpaired) electrons. The monoisotopic (exact) mass is 165 g/mol. The zero-order valence-electron chi connectivity index (χ0n) is 7.76. The van der Waals surface area contributed by atoms with Gasteiger partial charge in [0.2, 0.25) is 0 Å². The van der Waals surface area contributed by atoms with Crippen molar-refractivity contribution in [2.45, 2.75) is 51.0 Å². The molecule has 2 rings (SSSR count). The van der Waals surface area contributed by atoms with Crippen molar-refractivity contribution in [1.29, 1.82) is 0 Å². The van der Waals surface area contributed by atoms with Crippen LogP contribution in [0.5, 0.6) is 0 Å². The van der Waals surface area contributed by atoms with Gasteiger partial charge in [0.1, 0.15) is 0 Å². The summed E-state index contributed by atoms with van der Waals surface area (Å²) in [5.74, 6) is 0.922. The highest BCUT2D eigenvalue weighted by molar-refractivity contribution is 5.10. The van der Waals surface area contributed by atoms with E-state index in [1.807, 2.05) is 0 Å². The molecule has 0 bridgehead atoms. The molecule has 0 heterocycles. The van der Waals surface area contributed by atoms with Crippen molar-refractivity contribution in [3.05, 3.63) is 11.6 Å². The summed E-state index contributed by atoms with van der Waals surface area (Å²) in [5, 5.41) is 0. The van der Waals surface area contributed by atoms with E-state index in [1.165, 1.54) is 44.9 Å². The van der Waals surface area contributed by atoms with Crippen molar-refractivity contribution in [3.8, 4) is 0 Å². The summed E-state index contributed by atoms with van der Waals surface area (Å²) in [4.78, 5) is 0. The fraction of sp³-hybridized carbons (Fsp3) is 0.818. The van der Waals surface area contributed by atoms with E-state index in [9.17, 15) is 0 Å². The highest BCUT2D eigenvalue weighted by Gasteiger charge is 2.18. The lowest BCUT2D eigenvalue weighted by Crippen LogP contribution is -2.24. The second-order valence-corrected chi connectivity index (χ2v) is 4.37. The predicted octanol–water partition coefficient (Wildman–Crippen LogP) is 2.61. The molecule has 0 aromatic carbocycles. The number of hydrogen-bond acceptors (Lipinski definition) is 1. The van der Waals surface area contributed by atoms with Crippen LogP contribution in [0.1, 0.15) is 44.9 Å². The molecule has 2 saturated carbocycles. The predicted molar refractivity (Wildman–Crippen MR) is 51.9 cm³/mol. The van der Waals surface area contributed by atoms with Crippen LogP contribution in [0.4, 0.5) is 0 Å². The van der Waals surface area contributed by atoms with E-state index in [2.05, 4.69) is 6.08 Å². The van der Waals surface area contributed by atoms with Crippen molar-refractivity contribution in [2.24, 2.45) is 11.7 Å². The number of allylic oxidation sites excluding steroid dienone is 1. The fourth-order valence-electron chi connectivity index (χ4n) is 2.22. The average molecular weight is 165 g/mol. The number of hydrogen-bond donors (Lipinski definition) is 1. The van der Waals surface area contributed by atoms with Crippen LogP contribution in [0.25, 0.3) is 0 Å². The van der Waals surface area contributed by atoms with E-state index >= 15 is 0 Å². The maximum absolute atomic E-state index is 5.92. The van der Waals surface area contributed by atoms with Crippen LogP contribution in [-0.4, -0.2) is 6.04 Å². The third-order valence-electron chi connectivity index (χ3n) is 3.22. The van der Waals surface area contributed by atoms with Crippen LogP contribution < -0.4 is 5.73 Å². The van der Waals surface area contributed by atoms with E-state index in [1.54, 1.807) is 5.57 Å². The van der Waals surface area contributed by atoms with Gasteiger partial charge in [-0.25, -0.2) is 0 Å². The first-order valence-corrected chi connectivity index (χ1v) is 5.30. The lowest BCUT2D eigenvalue weighted by Gasteiger charge is -2.26.